The molecule has 11 heteroatoms. The number of benzene rings is 2. The van der Waals surface area contributed by atoms with Crippen molar-refractivity contribution in [3.63, 3.8) is 0 Å². The SMILES string of the molecule is COc1ccc(C)c2sc(N(Cc3ccccn3)C(=O)C3CCN(S(=O)(=O)c4ccc(Cl)cc4)CC3)nc12. The molecule has 198 valence electrons. The van der Waals surface area contributed by atoms with Gasteiger partial charge in [0, 0.05) is 30.2 Å². The number of sulfonamides is 1. The van der Waals surface area contributed by atoms with Crippen LogP contribution in [0.3, 0.4) is 0 Å². The van der Waals surface area contributed by atoms with E-state index in [9.17, 15) is 13.2 Å². The van der Waals surface area contributed by atoms with Gasteiger partial charge in [0.25, 0.3) is 0 Å². The highest BCUT2D eigenvalue weighted by Crippen LogP contribution is 2.38. The second-order valence-electron chi connectivity index (χ2n) is 9.14. The normalized spacial score (nSPS) is 15.0. The molecule has 2 aromatic carbocycles. The summed E-state index contributed by atoms with van der Waals surface area (Å²) < 4.78 is 34.2. The molecule has 0 atom stereocenters. The van der Waals surface area contributed by atoms with Crippen LogP contribution in [0.1, 0.15) is 24.1 Å². The minimum atomic E-state index is -3.66. The number of hydrogen-bond acceptors (Lipinski definition) is 7. The highest BCUT2D eigenvalue weighted by molar-refractivity contribution is 7.89. The Balaban J connectivity index is 1.40. The molecule has 1 saturated heterocycles. The minimum absolute atomic E-state index is 0.0881. The third-order valence-electron chi connectivity index (χ3n) is 6.71. The minimum Gasteiger partial charge on any atom is -0.494 e. The Bertz CT molecular complexity index is 1550. The van der Waals surface area contributed by atoms with Crippen molar-refractivity contribution in [2.24, 2.45) is 5.92 Å². The number of methoxy groups -OCH3 is 1. The molecule has 0 unspecified atom stereocenters. The molecule has 0 radical (unpaired) electrons. The van der Waals surface area contributed by atoms with Gasteiger partial charge in [-0.25, -0.2) is 13.4 Å². The van der Waals surface area contributed by atoms with Gasteiger partial charge >= 0.3 is 0 Å². The lowest BCUT2D eigenvalue weighted by Gasteiger charge is -2.33. The summed E-state index contributed by atoms with van der Waals surface area (Å²) in [6, 6.07) is 15.6. The number of nitrogens with zero attached hydrogens (tertiary/aromatic N) is 4. The lowest BCUT2D eigenvalue weighted by molar-refractivity contribution is -0.123. The van der Waals surface area contributed by atoms with Gasteiger partial charge in [-0.1, -0.05) is 35.1 Å². The lowest BCUT2D eigenvalue weighted by atomic mass is 9.96. The Labute approximate surface area is 230 Å². The molecule has 0 aliphatic carbocycles. The van der Waals surface area contributed by atoms with Gasteiger partial charge in [-0.3, -0.25) is 14.7 Å². The van der Waals surface area contributed by atoms with Gasteiger partial charge in [-0.15, -0.1) is 0 Å². The number of aromatic nitrogens is 2. The van der Waals surface area contributed by atoms with E-state index in [1.54, 1.807) is 30.3 Å². The molecule has 3 heterocycles. The van der Waals surface area contributed by atoms with Crippen LogP contribution in [0.15, 0.2) is 65.7 Å². The van der Waals surface area contributed by atoms with E-state index < -0.39 is 10.0 Å². The fraction of sp³-hybridized carbons (Fsp3) is 0.296. The molecule has 0 bridgehead atoms. The first-order chi connectivity index (χ1) is 18.3. The number of halogens is 1. The standard InChI is InChI=1S/C27H27ClN4O4S2/c1-18-6-11-23(36-2)24-25(18)37-27(30-24)32(17-21-5-3-4-14-29-21)26(33)19-12-15-31(16-13-19)38(34,35)22-9-7-20(28)8-10-22/h3-11,14,19H,12-13,15-17H2,1-2H3. The predicted octanol–water partition coefficient (Wildman–Crippen LogP) is 5.30. The van der Waals surface area contributed by atoms with Crippen LogP contribution in [-0.4, -0.2) is 48.8 Å². The molecule has 1 fully saturated rings. The summed E-state index contributed by atoms with van der Waals surface area (Å²) in [5, 5.41) is 1.04. The number of hydrogen-bond donors (Lipinski definition) is 0. The molecule has 1 amide bonds. The van der Waals surface area contributed by atoms with Crippen LogP contribution >= 0.6 is 22.9 Å². The van der Waals surface area contributed by atoms with Crippen molar-refractivity contribution in [3.05, 3.63) is 77.1 Å². The lowest BCUT2D eigenvalue weighted by Crippen LogP contribution is -2.44. The Kier molecular flexibility index (Phi) is 7.67. The fourth-order valence-electron chi connectivity index (χ4n) is 4.59. The maximum absolute atomic E-state index is 13.9. The van der Waals surface area contributed by atoms with Crippen LogP contribution in [0.2, 0.25) is 5.02 Å². The molecule has 0 saturated carbocycles. The van der Waals surface area contributed by atoms with Crippen molar-refractivity contribution in [1.82, 2.24) is 14.3 Å². The molecule has 0 N–H and O–H groups in total. The van der Waals surface area contributed by atoms with Crippen molar-refractivity contribution in [1.29, 1.82) is 0 Å². The summed E-state index contributed by atoms with van der Waals surface area (Å²) in [5.74, 6) is 0.222. The molecule has 8 nitrogen and oxygen atoms in total. The Morgan fingerprint density at radius 3 is 2.53 bits per heavy atom. The number of carbonyl (C=O) groups is 1. The fourth-order valence-corrected chi connectivity index (χ4v) is 7.24. The zero-order chi connectivity index (χ0) is 26.9. The summed E-state index contributed by atoms with van der Waals surface area (Å²) in [4.78, 5) is 25.0. The number of anilines is 1. The zero-order valence-corrected chi connectivity index (χ0v) is 23.4. The van der Waals surface area contributed by atoms with Crippen LogP contribution in [0.4, 0.5) is 5.13 Å². The van der Waals surface area contributed by atoms with Gasteiger partial charge in [-0.2, -0.15) is 4.31 Å². The van der Waals surface area contributed by atoms with Crippen molar-refractivity contribution in [2.75, 3.05) is 25.1 Å². The second kappa shape index (κ2) is 11.0. The maximum atomic E-state index is 13.9. The number of piperidine rings is 1. The largest absolute Gasteiger partial charge is 0.494 e. The number of carbonyl (C=O) groups excluding carboxylic acids is 1. The van der Waals surface area contributed by atoms with Crippen LogP contribution in [0, 0.1) is 12.8 Å². The van der Waals surface area contributed by atoms with Gasteiger partial charge < -0.3 is 4.74 Å². The van der Waals surface area contributed by atoms with E-state index in [4.69, 9.17) is 21.3 Å². The maximum Gasteiger partial charge on any atom is 0.243 e. The van der Waals surface area contributed by atoms with Gasteiger partial charge in [-0.05, 0) is 67.8 Å². The summed E-state index contributed by atoms with van der Waals surface area (Å²) in [6.07, 6.45) is 2.53. The number of ether oxygens (including phenoxy) is 1. The molecule has 0 spiro atoms. The topological polar surface area (TPSA) is 92.7 Å². The van der Waals surface area contributed by atoms with Crippen LogP contribution in [0.5, 0.6) is 5.75 Å². The summed E-state index contributed by atoms with van der Waals surface area (Å²) in [7, 11) is -2.06. The first-order valence-electron chi connectivity index (χ1n) is 12.2. The molecule has 38 heavy (non-hydrogen) atoms. The first-order valence-corrected chi connectivity index (χ1v) is 14.8. The summed E-state index contributed by atoms with van der Waals surface area (Å²) >= 11 is 7.37. The highest BCUT2D eigenvalue weighted by Gasteiger charge is 2.35. The number of thiazole rings is 1. The molecular formula is C27H27ClN4O4S2. The molecule has 1 aliphatic heterocycles. The molecular weight excluding hydrogens is 544 g/mol. The smallest absolute Gasteiger partial charge is 0.243 e. The molecule has 4 aromatic rings. The number of amides is 1. The van der Waals surface area contributed by atoms with Gasteiger partial charge in [0.05, 0.1) is 28.9 Å². The second-order valence-corrected chi connectivity index (χ2v) is 12.5. The third kappa shape index (κ3) is 5.26. The summed E-state index contributed by atoms with van der Waals surface area (Å²) in [6.45, 7) is 2.78. The average molecular weight is 571 g/mol. The van der Waals surface area contributed by atoms with E-state index in [0.717, 1.165) is 21.5 Å². The number of aryl methyl sites for hydroxylation is 1. The molecule has 2 aromatic heterocycles. The van der Waals surface area contributed by atoms with Gasteiger partial charge in [0.1, 0.15) is 11.3 Å². The van der Waals surface area contributed by atoms with Crippen LogP contribution in [0.25, 0.3) is 10.2 Å². The number of pyridine rings is 1. The summed E-state index contributed by atoms with van der Waals surface area (Å²) in [5.41, 5.74) is 2.51. The van der Waals surface area contributed by atoms with E-state index in [1.807, 2.05) is 37.3 Å². The Hall–Kier alpha value is -3.05. The molecule has 1 aliphatic rings. The first kappa shape index (κ1) is 26.6. The van der Waals surface area contributed by atoms with E-state index in [-0.39, 0.29) is 36.4 Å². The average Bonchev–Trinajstić information content (AvgIpc) is 3.39. The quantitative estimate of drug-likeness (QED) is 0.299. The molecule has 5 rings (SSSR count). The van der Waals surface area contributed by atoms with Crippen molar-refractivity contribution < 1.29 is 17.9 Å². The zero-order valence-electron chi connectivity index (χ0n) is 21.0. The Morgan fingerprint density at radius 1 is 1.13 bits per heavy atom. The van der Waals surface area contributed by atoms with E-state index in [2.05, 4.69) is 4.98 Å². The number of fused-ring (bicyclic) bond motifs is 1. The predicted molar refractivity (Wildman–Crippen MR) is 149 cm³/mol. The Morgan fingerprint density at radius 2 is 1.87 bits per heavy atom. The van der Waals surface area contributed by atoms with Crippen molar-refractivity contribution in [3.8, 4) is 5.75 Å². The number of rotatable bonds is 7. The van der Waals surface area contributed by atoms with E-state index in [0.29, 0.717) is 28.7 Å². The third-order valence-corrected chi connectivity index (χ3v) is 10.1. The van der Waals surface area contributed by atoms with Crippen molar-refractivity contribution in [2.45, 2.75) is 31.2 Å². The van der Waals surface area contributed by atoms with E-state index >= 15 is 0 Å². The van der Waals surface area contributed by atoms with Crippen molar-refractivity contribution >= 4 is 54.2 Å². The van der Waals surface area contributed by atoms with Gasteiger partial charge in [0.2, 0.25) is 15.9 Å². The van der Waals surface area contributed by atoms with E-state index in [1.165, 1.54) is 27.8 Å². The highest BCUT2D eigenvalue weighted by atomic mass is 35.5. The van der Waals surface area contributed by atoms with Crippen LogP contribution in [-0.2, 0) is 21.4 Å². The monoisotopic (exact) mass is 570 g/mol. The van der Waals surface area contributed by atoms with Crippen LogP contribution < -0.4 is 9.64 Å². The van der Waals surface area contributed by atoms with Gasteiger partial charge in [0.15, 0.2) is 5.13 Å².